The molecule has 0 amide bonds. The van der Waals surface area contributed by atoms with Crippen LogP contribution in [-0.4, -0.2) is 21.0 Å². The summed E-state index contributed by atoms with van der Waals surface area (Å²) in [4.78, 5) is 18.0. The highest BCUT2D eigenvalue weighted by atomic mass is 19.1. The molecule has 0 aliphatic carbocycles. The quantitative estimate of drug-likeness (QED) is 0.821. The number of pyridine rings is 2. The largest absolute Gasteiger partial charge is 0.481 e. The summed E-state index contributed by atoms with van der Waals surface area (Å²) in [5.74, 6) is -1.72. The predicted octanol–water partition coefficient (Wildman–Crippen LogP) is 1.91. The smallest absolute Gasteiger partial charge is 0.309 e. The molecule has 0 bridgehead atoms. The van der Waals surface area contributed by atoms with Gasteiger partial charge in [-0.1, -0.05) is 6.07 Å². The highest BCUT2D eigenvalue weighted by Crippen LogP contribution is 2.20. The Balaban J connectivity index is 2.35. The van der Waals surface area contributed by atoms with E-state index in [1.165, 1.54) is 18.3 Å². The van der Waals surface area contributed by atoms with Crippen molar-refractivity contribution in [2.45, 2.75) is 6.42 Å². The molecule has 2 rings (SSSR count). The van der Waals surface area contributed by atoms with Crippen molar-refractivity contribution in [2.24, 2.45) is 0 Å². The second-order valence-electron chi connectivity index (χ2n) is 3.45. The lowest BCUT2D eigenvalue weighted by Crippen LogP contribution is -2.04. The number of carbonyl (C=O) groups is 1. The average Bonchev–Trinajstić information content (AvgIpc) is 2.29. The molecule has 4 nitrogen and oxygen atoms in total. The minimum Gasteiger partial charge on any atom is -0.481 e. The van der Waals surface area contributed by atoms with Crippen molar-refractivity contribution >= 4 is 5.97 Å². The molecule has 2 aromatic heterocycles. The van der Waals surface area contributed by atoms with Crippen LogP contribution in [0.2, 0.25) is 0 Å². The molecule has 5 heteroatoms. The van der Waals surface area contributed by atoms with Crippen molar-refractivity contribution in [1.82, 2.24) is 9.97 Å². The average molecular weight is 232 g/mol. The van der Waals surface area contributed by atoms with Crippen molar-refractivity contribution in [1.29, 1.82) is 0 Å². The lowest BCUT2D eigenvalue weighted by Gasteiger charge is -2.03. The highest BCUT2D eigenvalue weighted by molar-refractivity contribution is 5.70. The zero-order valence-electron chi connectivity index (χ0n) is 8.80. The Kier molecular flexibility index (Phi) is 3.09. The number of nitrogens with zero attached hydrogens (tertiary/aromatic N) is 2. The lowest BCUT2D eigenvalue weighted by molar-refractivity contribution is -0.136. The number of hydrogen-bond acceptors (Lipinski definition) is 3. The van der Waals surface area contributed by atoms with E-state index in [1.54, 1.807) is 18.3 Å². The molecule has 0 unspecified atom stereocenters. The monoisotopic (exact) mass is 232 g/mol. The van der Waals surface area contributed by atoms with Crippen molar-refractivity contribution < 1.29 is 14.3 Å². The van der Waals surface area contributed by atoms with Crippen LogP contribution in [0.4, 0.5) is 4.39 Å². The Morgan fingerprint density at radius 2 is 2.18 bits per heavy atom. The van der Waals surface area contributed by atoms with Crippen LogP contribution in [0.15, 0.2) is 36.7 Å². The van der Waals surface area contributed by atoms with Crippen molar-refractivity contribution in [3.05, 3.63) is 48.3 Å². The molecule has 0 aliphatic rings. The van der Waals surface area contributed by atoms with Gasteiger partial charge in [0, 0.05) is 23.5 Å². The molecule has 0 fully saturated rings. The fourth-order valence-corrected chi connectivity index (χ4v) is 1.46. The van der Waals surface area contributed by atoms with Gasteiger partial charge in [0.2, 0.25) is 5.95 Å². The normalized spacial score (nSPS) is 10.2. The molecule has 0 spiro atoms. The van der Waals surface area contributed by atoms with Gasteiger partial charge in [-0.3, -0.25) is 9.78 Å². The molecule has 86 valence electrons. The van der Waals surface area contributed by atoms with Gasteiger partial charge in [-0.2, -0.15) is 4.39 Å². The number of carboxylic acids is 1. The summed E-state index contributed by atoms with van der Waals surface area (Å²) in [5.41, 5.74) is 1.12. The van der Waals surface area contributed by atoms with Crippen molar-refractivity contribution in [3.8, 4) is 11.1 Å². The third-order valence-corrected chi connectivity index (χ3v) is 2.21. The Morgan fingerprint density at radius 3 is 2.76 bits per heavy atom. The van der Waals surface area contributed by atoms with E-state index in [9.17, 15) is 9.18 Å². The number of aliphatic carboxylic acids is 1. The second kappa shape index (κ2) is 4.69. The Hall–Kier alpha value is -2.30. The summed E-state index contributed by atoms with van der Waals surface area (Å²) in [5, 5.41) is 8.57. The van der Waals surface area contributed by atoms with Gasteiger partial charge in [-0.15, -0.1) is 0 Å². The molecule has 2 heterocycles. The number of rotatable bonds is 3. The van der Waals surface area contributed by atoms with Crippen LogP contribution in [0, 0.1) is 5.95 Å². The zero-order valence-corrected chi connectivity index (χ0v) is 8.80. The van der Waals surface area contributed by atoms with Gasteiger partial charge < -0.3 is 5.11 Å². The topological polar surface area (TPSA) is 63.1 Å². The third kappa shape index (κ3) is 2.63. The van der Waals surface area contributed by atoms with Crippen LogP contribution in [-0.2, 0) is 11.2 Å². The van der Waals surface area contributed by atoms with E-state index in [-0.39, 0.29) is 12.1 Å². The summed E-state index contributed by atoms with van der Waals surface area (Å²) in [7, 11) is 0. The molecule has 0 saturated carbocycles. The first-order valence-corrected chi connectivity index (χ1v) is 4.94. The van der Waals surface area contributed by atoms with E-state index in [0.29, 0.717) is 11.1 Å². The van der Waals surface area contributed by atoms with E-state index >= 15 is 0 Å². The Bertz CT molecular complexity index is 543. The molecule has 1 N–H and O–H groups in total. The van der Waals surface area contributed by atoms with Gasteiger partial charge in [0.15, 0.2) is 0 Å². The van der Waals surface area contributed by atoms with Crippen LogP contribution in [0.25, 0.3) is 11.1 Å². The molecule has 0 aromatic carbocycles. The molecule has 0 aliphatic heterocycles. The Labute approximate surface area is 96.8 Å². The minimum atomic E-state index is -1.04. The van der Waals surface area contributed by atoms with E-state index in [0.717, 1.165) is 0 Å². The Morgan fingerprint density at radius 1 is 1.35 bits per heavy atom. The van der Waals surface area contributed by atoms with E-state index in [1.807, 2.05) is 0 Å². The van der Waals surface area contributed by atoms with E-state index in [2.05, 4.69) is 9.97 Å². The maximum Gasteiger partial charge on any atom is 0.309 e. The van der Waals surface area contributed by atoms with Crippen LogP contribution in [0.5, 0.6) is 0 Å². The van der Waals surface area contributed by atoms with E-state index < -0.39 is 11.9 Å². The van der Waals surface area contributed by atoms with Crippen LogP contribution < -0.4 is 0 Å². The summed E-state index contributed by atoms with van der Waals surface area (Å²) in [6, 6.07) is 6.42. The fourth-order valence-electron chi connectivity index (χ4n) is 1.46. The number of carboxylic acid groups (broad SMARTS) is 1. The number of halogens is 1. The molecule has 0 atom stereocenters. The third-order valence-electron chi connectivity index (χ3n) is 2.21. The van der Waals surface area contributed by atoms with Crippen LogP contribution in [0.3, 0.4) is 0 Å². The maximum absolute atomic E-state index is 13.7. The van der Waals surface area contributed by atoms with Crippen LogP contribution >= 0.6 is 0 Å². The minimum absolute atomic E-state index is 0.197. The van der Waals surface area contributed by atoms with Crippen LogP contribution in [0.1, 0.15) is 5.69 Å². The summed E-state index contributed by atoms with van der Waals surface area (Å²) < 4.78 is 13.7. The summed E-state index contributed by atoms with van der Waals surface area (Å²) in [6.45, 7) is 0. The first kappa shape index (κ1) is 11.2. The molecule has 0 saturated heterocycles. The van der Waals surface area contributed by atoms with E-state index in [4.69, 9.17) is 5.11 Å². The number of hydrogen-bond donors (Lipinski definition) is 1. The fraction of sp³-hybridized carbons (Fsp3) is 0.0833. The highest BCUT2D eigenvalue weighted by Gasteiger charge is 2.09. The van der Waals surface area contributed by atoms with Gasteiger partial charge in [-0.05, 0) is 18.2 Å². The van der Waals surface area contributed by atoms with Gasteiger partial charge in [0.05, 0.1) is 12.1 Å². The first-order chi connectivity index (χ1) is 8.16. The van der Waals surface area contributed by atoms with Gasteiger partial charge in [0.1, 0.15) is 0 Å². The van der Waals surface area contributed by atoms with Gasteiger partial charge in [-0.25, -0.2) is 4.98 Å². The summed E-state index contributed by atoms with van der Waals surface area (Å²) >= 11 is 0. The SMILES string of the molecule is O=C(O)Cc1ccc(-c2cccnc2)c(F)n1. The van der Waals surface area contributed by atoms with Crippen molar-refractivity contribution in [2.75, 3.05) is 0 Å². The lowest BCUT2D eigenvalue weighted by atomic mass is 10.1. The number of aromatic nitrogens is 2. The first-order valence-electron chi connectivity index (χ1n) is 4.94. The van der Waals surface area contributed by atoms with Gasteiger partial charge >= 0.3 is 5.97 Å². The van der Waals surface area contributed by atoms with Gasteiger partial charge in [0.25, 0.3) is 0 Å². The van der Waals surface area contributed by atoms with Crippen molar-refractivity contribution in [3.63, 3.8) is 0 Å². The molecule has 17 heavy (non-hydrogen) atoms. The summed E-state index contributed by atoms with van der Waals surface area (Å²) in [6.07, 6.45) is 2.83. The predicted molar refractivity (Wildman–Crippen MR) is 58.8 cm³/mol. The maximum atomic E-state index is 13.7. The molecular weight excluding hydrogens is 223 g/mol. The zero-order chi connectivity index (χ0) is 12.3. The molecular formula is C12H9FN2O2. The second-order valence-corrected chi connectivity index (χ2v) is 3.45. The standard InChI is InChI=1S/C12H9FN2O2/c13-12-10(8-2-1-5-14-7-8)4-3-9(15-12)6-11(16)17/h1-5,7H,6H2,(H,16,17). The molecule has 2 aromatic rings. The molecule has 0 radical (unpaired) electrons.